The van der Waals surface area contributed by atoms with E-state index in [0.29, 0.717) is 12.4 Å². The Morgan fingerprint density at radius 1 is 1.42 bits per heavy atom. The van der Waals surface area contributed by atoms with E-state index in [9.17, 15) is 4.39 Å². The number of nitrogens with one attached hydrogen (secondary N) is 1. The molecule has 0 saturated heterocycles. The minimum Gasteiger partial charge on any atom is -0.488 e. The molecule has 1 heterocycles. The van der Waals surface area contributed by atoms with Gasteiger partial charge in [-0.05, 0) is 47.4 Å². The molecule has 19 heavy (non-hydrogen) atoms. The zero-order chi connectivity index (χ0) is 13.8. The second-order valence-electron chi connectivity index (χ2n) is 4.17. The first-order valence-corrected chi connectivity index (χ1v) is 7.60. The molecular weight excluding hydrogens is 329 g/mol. The lowest BCUT2D eigenvalue weighted by Gasteiger charge is -2.16. The van der Waals surface area contributed by atoms with Gasteiger partial charge < -0.3 is 10.1 Å². The molecule has 102 valence electrons. The van der Waals surface area contributed by atoms with Gasteiger partial charge in [0.25, 0.3) is 0 Å². The molecule has 1 aromatic heterocycles. The highest BCUT2D eigenvalue weighted by atomic mass is 79.9. The molecule has 2 rings (SSSR count). The summed E-state index contributed by atoms with van der Waals surface area (Å²) in [6.07, 6.45) is 0. The van der Waals surface area contributed by atoms with E-state index in [0.717, 1.165) is 14.9 Å². The standard InChI is InChI=1S/C14H15BrFNOS/c1-9(17-2)11-4-3-10(16)7-13(11)18-8-14-12(15)5-6-19-14/h3-7,9,17H,8H2,1-2H3. The molecule has 0 aliphatic carbocycles. The molecule has 0 aliphatic heterocycles. The Kier molecular flexibility index (Phi) is 4.96. The van der Waals surface area contributed by atoms with Gasteiger partial charge in [0.15, 0.2) is 0 Å². The van der Waals surface area contributed by atoms with Crippen molar-refractivity contribution in [3.63, 3.8) is 0 Å². The molecule has 0 bridgehead atoms. The first-order valence-electron chi connectivity index (χ1n) is 5.93. The number of benzene rings is 1. The monoisotopic (exact) mass is 343 g/mol. The predicted octanol–water partition coefficient (Wildman–Crippen LogP) is 4.51. The van der Waals surface area contributed by atoms with E-state index in [-0.39, 0.29) is 11.9 Å². The van der Waals surface area contributed by atoms with Crippen LogP contribution in [0.1, 0.15) is 23.4 Å². The van der Waals surface area contributed by atoms with Crippen LogP contribution in [0.5, 0.6) is 5.75 Å². The fourth-order valence-electron chi connectivity index (χ4n) is 1.72. The van der Waals surface area contributed by atoms with E-state index in [1.54, 1.807) is 17.4 Å². The van der Waals surface area contributed by atoms with Crippen molar-refractivity contribution in [2.45, 2.75) is 19.6 Å². The summed E-state index contributed by atoms with van der Waals surface area (Å²) in [5.41, 5.74) is 0.955. The quantitative estimate of drug-likeness (QED) is 0.862. The van der Waals surface area contributed by atoms with E-state index in [1.165, 1.54) is 12.1 Å². The van der Waals surface area contributed by atoms with Gasteiger partial charge in [0.05, 0.1) is 4.88 Å². The van der Waals surface area contributed by atoms with Crippen molar-refractivity contribution in [3.05, 3.63) is 50.4 Å². The highest BCUT2D eigenvalue weighted by molar-refractivity contribution is 9.10. The summed E-state index contributed by atoms with van der Waals surface area (Å²) < 4.78 is 20.1. The van der Waals surface area contributed by atoms with Gasteiger partial charge in [-0.15, -0.1) is 11.3 Å². The van der Waals surface area contributed by atoms with Crippen molar-refractivity contribution >= 4 is 27.3 Å². The number of halogens is 2. The Labute approximate surface area is 124 Å². The van der Waals surface area contributed by atoms with Crippen molar-refractivity contribution in [2.24, 2.45) is 0 Å². The van der Waals surface area contributed by atoms with Crippen LogP contribution in [-0.4, -0.2) is 7.05 Å². The molecule has 0 radical (unpaired) electrons. The van der Waals surface area contributed by atoms with Crippen LogP contribution >= 0.6 is 27.3 Å². The molecule has 2 aromatic rings. The van der Waals surface area contributed by atoms with Gasteiger partial charge >= 0.3 is 0 Å². The Hall–Kier alpha value is -0.910. The van der Waals surface area contributed by atoms with Gasteiger partial charge in [0.2, 0.25) is 0 Å². The molecule has 1 N–H and O–H groups in total. The molecule has 0 fully saturated rings. The number of thiophene rings is 1. The molecule has 0 amide bonds. The normalized spacial score (nSPS) is 12.4. The topological polar surface area (TPSA) is 21.3 Å². The van der Waals surface area contributed by atoms with Crippen molar-refractivity contribution in [3.8, 4) is 5.75 Å². The Bertz CT molecular complexity index is 558. The Balaban J connectivity index is 2.19. The fraction of sp³-hybridized carbons (Fsp3) is 0.286. The molecule has 0 spiro atoms. The molecule has 1 aromatic carbocycles. The number of rotatable bonds is 5. The average Bonchev–Trinajstić information content (AvgIpc) is 2.81. The number of hydrogen-bond donors (Lipinski definition) is 1. The summed E-state index contributed by atoms with van der Waals surface area (Å²) in [5.74, 6) is 0.300. The molecule has 0 saturated carbocycles. The van der Waals surface area contributed by atoms with E-state index in [4.69, 9.17) is 4.74 Å². The summed E-state index contributed by atoms with van der Waals surface area (Å²) in [7, 11) is 1.87. The van der Waals surface area contributed by atoms with Crippen molar-refractivity contribution < 1.29 is 9.13 Å². The molecule has 2 nitrogen and oxygen atoms in total. The zero-order valence-corrected chi connectivity index (χ0v) is 13.1. The third-order valence-electron chi connectivity index (χ3n) is 2.92. The van der Waals surface area contributed by atoms with Crippen molar-refractivity contribution in [1.29, 1.82) is 0 Å². The highest BCUT2D eigenvalue weighted by Crippen LogP contribution is 2.29. The summed E-state index contributed by atoms with van der Waals surface area (Å²) in [5, 5.41) is 5.13. The number of ether oxygens (including phenoxy) is 1. The highest BCUT2D eigenvalue weighted by Gasteiger charge is 2.12. The first-order chi connectivity index (χ1) is 9.11. The van der Waals surface area contributed by atoms with E-state index >= 15 is 0 Å². The Morgan fingerprint density at radius 3 is 2.84 bits per heavy atom. The van der Waals surface area contributed by atoms with Crippen molar-refractivity contribution in [1.82, 2.24) is 5.32 Å². The number of hydrogen-bond acceptors (Lipinski definition) is 3. The van der Waals surface area contributed by atoms with Crippen molar-refractivity contribution in [2.75, 3.05) is 7.05 Å². The second-order valence-corrected chi connectivity index (χ2v) is 6.03. The summed E-state index contributed by atoms with van der Waals surface area (Å²) in [6.45, 7) is 2.45. The van der Waals surface area contributed by atoms with Crippen LogP contribution in [-0.2, 0) is 6.61 Å². The van der Waals surface area contributed by atoms with E-state index < -0.39 is 0 Å². The minimum atomic E-state index is -0.285. The largest absolute Gasteiger partial charge is 0.488 e. The van der Waals surface area contributed by atoms with Crippen LogP contribution in [0.2, 0.25) is 0 Å². The molecule has 1 unspecified atom stereocenters. The zero-order valence-electron chi connectivity index (χ0n) is 10.7. The summed E-state index contributed by atoms with van der Waals surface area (Å²) in [4.78, 5) is 1.09. The van der Waals surface area contributed by atoms with Crippen LogP contribution in [0, 0.1) is 5.82 Å². The maximum Gasteiger partial charge on any atom is 0.127 e. The lowest BCUT2D eigenvalue weighted by Crippen LogP contribution is -2.13. The lowest BCUT2D eigenvalue weighted by atomic mass is 10.1. The van der Waals surface area contributed by atoms with Crippen LogP contribution in [0.15, 0.2) is 34.1 Å². The third-order valence-corrected chi connectivity index (χ3v) is 4.82. The van der Waals surface area contributed by atoms with Crippen LogP contribution in [0.4, 0.5) is 4.39 Å². The second kappa shape index (κ2) is 6.50. The first kappa shape index (κ1) is 14.5. The Morgan fingerprint density at radius 2 is 2.21 bits per heavy atom. The summed E-state index contributed by atoms with van der Waals surface area (Å²) in [6, 6.07) is 6.74. The summed E-state index contributed by atoms with van der Waals surface area (Å²) >= 11 is 5.07. The van der Waals surface area contributed by atoms with Crippen LogP contribution in [0.3, 0.4) is 0 Å². The van der Waals surface area contributed by atoms with E-state index in [1.807, 2.05) is 25.4 Å². The minimum absolute atomic E-state index is 0.113. The fourth-order valence-corrected chi connectivity index (χ4v) is 3.10. The predicted molar refractivity (Wildman–Crippen MR) is 80.2 cm³/mol. The van der Waals surface area contributed by atoms with Gasteiger partial charge in [-0.25, -0.2) is 4.39 Å². The van der Waals surface area contributed by atoms with Gasteiger partial charge in [-0.3, -0.25) is 0 Å². The molecule has 0 aliphatic rings. The van der Waals surface area contributed by atoms with Crippen LogP contribution in [0.25, 0.3) is 0 Å². The molecular formula is C14H15BrFNOS. The smallest absolute Gasteiger partial charge is 0.127 e. The third kappa shape index (κ3) is 3.55. The van der Waals surface area contributed by atoms with Gasteiger partial charge in [-0.1, -0.05) is 6.07 Å². The molecule has 1 atom stereocenters. The maximum absolute atomic E-state index is 13.4. The van der Waals surface area contributed by atoms with E-state index in [2.05, 4.69) is 21.2 Å². The molecule has 5 heteroatoms. The SMILES string of the molecule is CNC(C)c1ccc(F)cc1OCc1sccc1Br. The van der Waals surface area contributed by atoms with Gasteiger partial charge in [-0.2, -0.15) is 0 Å². The maximum atomic E-state index is 13.4. The average molecular weight is 344 g/mol. The van der Waals surface area contributed by atoms with Gasteiger partial charge in [0.1, 0.15) is 18.2 Å². The lowest BCUT2D eigenvalue weighted by molar-refractivity contribution is 0.301. The van der Waals surface area contributed by atoms with Crippen LogP contribution < -0.4 is 10.1 Å². The van der Waals surface area contributed by atoms with Gasteiger partial charge in [0, 0.05) is 22.1 Å².